The van der Waals surface area contributed by atoms with E-state index in [0.29, 0.717) is 4.88 Å². The molecule has 7 heteroatoms. The van der Waals surface area contributed by atoms with Crippen LogP contribution in [-0.4, -0.2) is 32.1 Å². The van der Waals surface area contributed by atoms with Crippen molar-refractivity contribution in [2.24, 2.45) is 5.92 Å². The lowest BCUT2D eigenvalue weighted by Crippen LogP contribution is -2.40. The maximum Gasteiger partial charge on any atom is 0.407 e. The third-order valence-electron chi connectivity index (χ3n) is 2.53. The number of carbonyl (C=O) groups excluding carboxylic acids is 3. The molecule has 1 heterocycles. The Labute approximate surface area is 114 Å². The fraction of sp³-hybridized carbons (Fsp3) is 0.417. The molecule has 0 saturated heterocycles. The van der Waals surface area contributed by atoms with Gasteiger partial charge >= 0.3 is 12.1 Å². The van der Waals surface area contributed by atoms with Crippen LogP contribution in [-0.2, 0) is 19.1 Å². The van der Waals surface area contributed by atoms with Crippen molar-refractivity contribution in [3.8, 4) is 0 Å². The van der Waals surface area contributed by atoms with Crippen LogP contribution in [0.15, 0.2) is 17.5 Å². The first-order valence-corrected chi connectivity index (χ1v) is 6.35. The molecule has 0 spiro atoms. The first-order valence-electron chi connectivity index (χ1n) is 5.47. The Morgan fingerprint density at radius 3 is 2.37 bits per heavy atom. The number of esters is 1. The van der Waals surface area contributed by atoms with Gasteiger partial charge in [0.2, 0.25) is 0 Å². The molecule has 1 amide bonds. The van der Waals surface area contributed by atoms with Crippen LogP contribution in [0.25, 0.3) is 0 Å². The SMILES string of the molecule is COC(=O)N[C@@H](c1cccs1)C(C(C)=O)C(=O)OC. The largest absolute Gasteiger partial charge is 0.468 e. The quantitative estimate of drug-likeness (QED) is 0.655. The minimum absolute atomic E-state index is 0.387. The van der Waals surface area contributed by atoms with Gasteiger partial charge in [-0.1, -0.05) is 6.07 Å². The van der Waals surface area contributed by atoms with Gasteiger partial charge in [-0.15, -0.1) is 11.3 Å². The molecule has 104 valence electrons. The first-order chi connectivity index (χ1) is 9.01. The van der Waals surface area contributed by atoms with E-state index >= 15 is 0 Å². The maximum atomic E-state index is 11.7. The highest BCUT2D eigenvalue weighted by Gasteiger charge is 2.36. The summed E-state index contributed by atoms with van der Waals surface area (Å²) < 4.78 is 9.13. The number of amides is 1. The molecule has 0 aliphatic rings. The van der Waals surface area contributed by atoms with E-state index < -0.39 is 24.0 Å². The lowest BCUT2D eigenvalue weighted by atomic mass is 9.94. The van der Waals surface area contributed by atoms with Crippen molar-refractivity contribution in [2.75, 3.05) is 14.2 Å². The van der Waals surface area contributed by atoms with Gasteiger partial charge in [0.05, 0.1) is 20.3 Å². The second-order valence-corrected chi connectivity index (χ2v) is 4.72. The average Bonchev–Trinajstić information content (AvgIpc) is 2.90. The van der Waals surface area contributed by atoms with Gasteiger partial charge in [-0.25, -0.2) is 4.79 Å². The van der Waals surface area contributed by atoms with Crippen LogP contribution in [0, 0.1) is 5.92 Å². The zero-order valence-corrected chi connectivity index (χ0v) is 11.7. The minimum Gasteiger partial charge on any atom is -0.468 e. The van der Waals surface area contributed by atoms with Crippen molar-refractivity contribution in [2.45, 2.75) is 13.0 Å². The lowest BCUT2D eigenvalue weighted by molar-refractivity contribution is -0.150. The first kappa shape index (κ1) is 15.2. The van der Waals surface area contributed by atoms with E-state index in [1.165, 1.54) is 32.5 Å². The van der Waals surface area contributed by atoms with Crippen LogP contribution in [0.4, 0.5) is 4.79 Å². The number of rotatable bonds is 5. The molecule has 1 unspecified atom stereocenters. The molecule has 1 N–H and O–H groups in total. The Kier molecular flexibility index (Phi) is 5.50. The minimum atomic E-state index is -1.09. The number of alkyl carbamates (subject to hydrolysis) is 1. The highest BCUT2D eigenvalue weighted by molar-refractivity contribution is 7.10. The molecule has 0 aliphatic heterocycles. The Balaban J connectivity index is 3.09. The average molecular weight is 285 g/mol. The second kappa shape index (κ2) is 6.89. The summed E-state index contributed by atoms with van der Waals surface area (Å²) in [4.78, 5) is 35.4. The van der Waals surface area contributed by atoms with E-state index in [1.807, 2.05) is 0 Å². The van der Waals surface area contributed by atoms with E-state index in [9.17, 15) is 14.4 Å². The molecule has 1 aromatic heterocycles. The fourth-order valence-electron chi connectivity index (χ4n) is 1.64. The molecule has 0 bridgehead atoms. The number of carbonyl (C=O) groups is 3. The maximum absolute atomic E-state index is 11.7. The topological polar surface area (TPSA) is 81.7 Å². The van der Waals surface area contributed by atoms with Crippen LogP contribution in [0.3, 0.4) is 0 Å². The lowest BCUT2D eigenvalue weighted by Gasteiger charge is -2.22. The number of ketones is 1. The summed E-state index contributed by atoms with van der Waals surface area (Å²) in [5.74, 6) is -2.17. The van der Waals surface area contributed by atoms with Gasteiger partial charge in [-0.05, 0) is 18.4 Å². The molecule has 0 fully saturated rings. The van der Waals surface area contributed by atoms with Gasteiger partial charge in [-0.2, -0.15) is 0 Å². The Bertz CT molecular complexity index is 457. The molecular weight excluding hydrogens is 270 g/mol. The van der Waals surface area contributed by atoms with Crippen molar-refractivity contribution >= 4 is 29.2 Å². The molecule has 0 aliphatic carbocycles. The summed E-state index contributed by atoms with van der Waals surface area (Å²) in [6.07, 6.45) is -0.714. The zero-order valence-electron chi connectivity index (χ0n) is 10.8. The fourth-order valence-corrected chi connectivity index (χ4v) is 2.45. The van der Waals surface area contributed by atoms with Gasteiger partial charge in [0.15, 0.2) is 0 Å². The van der Waals surface area contributed by atoms with Crippen molar-refractivity contribution in [1.82, 2.24) is 5.32 Å². The molecule has 0 saturated carbocycles. The zero-order chi connectivity index (χ0) is 14.4. The summed E-state index contributed by atoms with van der Waals surface area (Å²) in [7, 11) is 2.41. The van der Waals surface area contributed by atoms with Crippen molar-refractivity contribution < 1.29 is 23.9 Å². The molecule has 1 rings (SSSR count). The molecule has 2 atom stereocenters. The van der Waals surface area contributed by atoms with Crippen molar-refractivity contribution in [3.63, 3.8) is 0 Å². The van der Waals surface area contributed by atoms with Gasteiger partial charge in [0, 0.05) is 4.88 Å². The molecule has 19 heavy (non-hydrogen) atoms. The van der Waals surface area contributed by atoms with Crippen LogP contribution in [0.1, 0.15) is 17.8 Å². The van der Waals surface area contributed by atoms with Gasteiger partial charge in [0.1, 0.15) is 11.7 Å². The highest BCUT2D eigenvalue weighted by Crippen LogP contribution is 2.28. The van der Waals surface area contributed by atoms with Crippen LogP contribution >= 0.6 is 11.3 Å². The van der Waals surface area contributed by atoms with E-state index in [2.05, 4.69) is 14.8 Å². The normalized spacial score (nSPS) is 13.2. The molecule has 6 nitrogen and oxygen atoms in total. The van der Waals surface area contributed by atoms with E-state index in [0.717, 1.165) is 0 Å². The van der Waals surface area contributed by atoms with Crippen LogP contribution < -0.4 is 5.32 Å². The summed E-state index contributed by atoms with van der Waals surface area (Å²) in [5.41, 5.74) is 0. The summed E-state index contributed by atoms with van der Waals surface area (Å²) in [5, 5.41) is 4.28. The Hall–Kier alpha value is -1.89. The predicted octanol–water partition coefficient (Wildman–Crippen LogP) is 1.52. The monoisotopic (exact) mass is 285 g/mol. The van der Waals surface area contributed by atoms with E-state index in [-0.39, 0.29) is 5.78 Å². The molecule has 0 aromatic carbocycles. The summed E-state index contributed by atoms with van der Waals surface area (Å²) >= 11 is 1.33. The van der Waals surface area contributed by atoms with E-state index in [1.54, 1.807) is 17.5 Å². The number of Topliss-reactive ketones (excluding diaryl/α,β-unsaturated/α-hetero) is 1. The number of thiophene rings is 1. The third kappa shape index (κ3) is 3.78. The Morgan fingerprint density at radius 1 is 1.26 bits per heavy atom. The summed E-state index contributed by atoms with van der Waals surface area (Å²) in [6, 6.07) is 2.70. The number of nitrogens with one attached hydrogen (secondary N) is 1. The predicted molar refractivity (Wildman–Crippen MR) is 68.8 cm³/mol. The van der Waals surface area contributed by atoms with Gasteiger partial charge in [-0.3, -0.25) is 9.59 Å². The molecule has 1 aromatic rings. The molecular formula is C12H15NO5S. The standard InChI is InChI=1S/C12H15NO5S/c1-7(14)9(11(15)17-2)10(13-12(16)18-3)8-5-4-6-19-8/h4-6,9-10H,1-3H3,(H,13,16)/t9?,10-/m0/s1. The van der Waals surface area contributed by atoms with Crippen LogP contribution in [0.2, 0.25) is 0 Å². The van der Waals surface area contributed by atoms with E-state index in [4.69, 9.17) is 0 Å². The highest BCUT2D eigenvalue weighted by atomic mass is 32.1. The van der Waals surface area contributed by atoms with Crippen molar-refractivity contribution in [1.29, 1.82) is 0 Å². The summed E-state index contributed by atoms with van der Waals surface area (Å²) in [6.45, 7) is 1.28. The Morgan fingerprint density at radius 2 is 1.95 bits per heavy atom. The second-order valence-electron chi connectivity index (χ2n) is 3.74. The molecule has 0 radical (unpaired) electrons. The third-order valence-corrected chi connectivity index (χ3v) is 3.49. The van der Waals surface area contributed by atoms with Crippen molar-refractivity contribution in [3.05, 3.63) is 22.4 Å². The van der Waals surface area contributed by atoms with Gasteiger partial charge < -0.3 is 14.8 Å². The number of hydrogen-bond acceptors (Lipinski definition) is 6. The smallest absolute Gasteiger partial charge is 0.407 e. The number of methoxy groups -OCH3 is 2. The number of hydrogen-bond donors (Lipinski definition) is 1. The van der Waals surface area contributed by atoms with Crippen LogP contribution in [0.5, 0.6) is 0 Å². The van der Waals surface area contributed by atoms with Gasteiger partial charge in [0.25, 0.3) is 0 Å². The number of ether oxygens (including phenoxy) is 2.